The highest BCUT2D eigenvalue weighted by Gasteiger charge is 2.07. The Kier molecular flexibility index (Phi) is 5.81. The van der Waals surface area contributed by atoms with Crippen molar-refractivity contribution in [2.75, 3.05) is 0 Å². The lowest BCUT2D eigenvalue weighted by molar-refractivity contribution is 0.0950. The third-order valence-corrected chi connectivity index (χ3v) is 4.23. The molecule has 7 heteroatoms. The smallest absolute Gasteiger partial charge is 0.251 e. The Bertz CT molecular complexity index is 907. The Hall–Kier alpha value is -2.50. The van der Waals surface area contributed by atoms with Gasteiger partial charge in [0.05, 0.1) is 17.3 Å². The summed E-state index contributed by atoms with van der Waals surface area (Å²) in [6, 6.07) is 14.2. The molecular weight excluding hydrogens is 373 g/mol. The van der Waals surface area contributed by atoms with Gasteiger partial charge in [-0.15, -0.1) is 0 Å². The average molecular weight is 390 g/mol. The fraction of sp³-hybridized carbons (Fsp3) is 0.158. The predicted molar refractivity (Wildman–Crippen MR) is 102 cm³/mol. The van der Waals surface area contributed by atoms with Gasteiger partial charge in [0.25, 0.3) is 5.91 Å². The van der Waals surface area contributed by atoms with E-state index in [2.05, 4.69) is 10.4 Å². The number of amides is 1. The van der Waals surface area contributed by atoms with Crippen molar-refractivity contribution < 1.29 is 9.53 Å². The third-order valence-electron chi connectivity index (χ3n) is 3.70. The summed E-state index contributed by atoms with van der Waals surface area (Å²) in [5.41, 5.74) is 2.32. The van der Waals surface area contributed by atoms with Crippen molar-refractivity contribution in [1.29, 1.82) is 0 Å². The first-order chi connectivity index (χ1) is 12.5. The zero-order chi connectivity index (χ0) is 18.5. The molecule has 0 saturated carbocycles. The molecule has 0 aliphatic rings. The van der Waals surface area contributed by atoms with Crippen LogP contribution in [0.15, 0.2) is 54.7 Å². The van der Waals surface area contributed by atoms with Gasteiger partial charge in [-0.05, 0) is 42.0 Å². The number of carbonyl (C=O) groups is 1. The molecule has 1 amide bonds. The molecule has 2 aromatic carbocycles. The van der Waals surface area contributed by atoms with Crippen LogP contribution in [0.2, 0.25) is 10.0 Å². The standard InChI is InChI=1S/C19H17Cl2N3O2/c1-24-9-8-16(23-24)11-22-19(25)14-4-2-13(3-5-14)12-26-18-7-6-15(20)10-17(18)21/h2-10H,11-12H2,1H3,(H,22,25). The molecule has 0 fully saturated rings. The number of nitrogens with one attached hydrogen (secondary N) is 1. The van der Waals surface area contributed by atoms with Crippen molar-refractivity contribution in [3.05, 3.63) is 81.6 Å². The number of benzene rings is 2. The molecule has 0 unspecified atom stereocenters. The third kappa shape index (κ3) is 4.77. The van der Waals surface area contributed by atoms with Gasteiger partial charge < -0.3 is 10.1 Å². The summed E-state index contributed by atoms with van der Waals surface area (Å²) in [6.45, 7) is 0.733. The second-order valence-electron chi connectivity index (χ2n) is 5.72. The van der Waals surface area contributed by atoms with Crippen LogP contribution in [0.4, 0.5) is 0 Å². The van der Waals surface area contributed by atoms with Gasteiger partial charge in [0.15, 0.2) is 0 Å². The summed E-state index contributed by atoms with van der Waals surface area (Å²) in [6.07, 6.45) is 1.84. The monoisotopic (exact) mass is 389 g/mol. The average Bonchev–Trinajstić information content (AvgIpc) is 3.05. The van der Waals surface area contributed by atoms with E-state index in [9.17, 15) is 4.79 Å². The molecule has 0 aliphatic heterocycles. The van der Waals surface area contributed by atoms with Crippen molar-refractivity contribution in [2.24, 2.45) is 7.05 Å². The van der Waals surface area contributed by atoms with Gasteiger partial charge in [-0.3, -0.25) is 9.48 Å². The van der Waals surface area contributed by atoms with E-state index in [4.69, 9.17) is 27.9 Å². The largest absolute Gasteiger partial charge is 0.487 e. The highest BCUT2D eigenvalue weighted by molar-refractivity contribution is 6.35. The quantitative estimate of drug-likeness (QED) is 0.685. The van der Waals surface area contributed by atoms with Crippen LogP contribution in [-0.4, -0.2) is 15.7 Å². The summed E-state index contributed by atoms with van der Waals surface area (Å²) < 4.78 is 7.38. The number of ether oxygens (including phenoxy) is 1. The number of hydrogen-bond donors (Lipinski definition) is 1. The molecule has 0 bridgehead atoms. The normalized spacial score (nSPS) is 10.6. The molecule has 3 rings (SSSR count). The molecule has 134 valence electrons. The number of carbonyl (C=O) groups excluding carboxylic acids is 1. The maximum Gasteiger partial charge on any atom is 0.251 e. The van der Waals surface area contributed by atoms with Crippen LogP contribution in [0.3, 0.4) is 0 Å². The molecule has 0 atom stereocenters. The highest BCUT2D eigenvalue weighted by Crippen LogP contribution is 2.28. The maximum absolute atomic E-state index is 12.2. The first-order valence-electron chi connectivity index (χ1n) is 7.95. The van der Waals surface area contributed by atoms with E-state index in [1.165, 1.54) is 0 Å². The number of nitrogens with zero attached hydrogens (tertiary/aromatic N) is 2. The summed E-state index contributed by atoms with van der Waals surface area (Å²) in [4.78, 5) is 12.2. The Balaban J connectivity index is 1.54. The van der Waals surface area contributed by atoms with Gasteiger partial charge in [-0.1, -0.05) is 35.3 Å². The van der Waals surface area contributed by atoms with E-state index >= 15 is 0 Å². The van der Waals surface area contributed by atoms with E-state index < -0.39 is 0 Å². The topological polar surface area (TPSA) is 56.2 Å². The lowest BCUT2D eigenvalue weighted by Gasteiger charge is -2.09. The maximum atomic E-state index is 12.2. The van der Waals surface area contributed by atoms with Crippen LogP contribution in [0.25, 0.3) is 0 Å². The fourth-order valence-electron chi connectivity index (χ4n) is 2.34. The first kappa shape index (κ1) is 18.3. The summed E-state index contributed by atoms with van der Waals surface area (Å²) >= 11 is 11.9. The van der Waals surface area contributed by atoms with Crippen LogP contribution < -0.4 is 10.1 Å². The van der Waals surface area contributed by atoms with E-state index in [0.717, 1.165) is 11.3 Å². The van der Waals surface area contributed by atoms with Gasteiger partial charge in [0.2, 0.25) is 0 Å². The number of hydrogen-bond acceptors (Lipinski definition) is 3. The van der Waals surface area contributed by atoms with Crippen molar-refractivity contribution >= 4 is 29.1 Å². The van der Waals surface area contributed by atoms with E-state index in [0.29, 0.717) is 34.5 Å². The molecular formula is C19H17Cl2N3O2. The summed E-state index contributed by atoms with van der Waals surface area (Å²) in [5, 5.41) is 8.08. The van der Waals surface area contributed by atoms with E-state index in [-0.39, 0.29) is 5.91 Å². The Labute approximate surface area is 161 Å². The Morgan fingerprint density at radius 3 is 2.58 bits per heavy atom. The lowest BCUT2D eigenvalue weighted by atomic mass is 10.1. The minimum absolute atomic E-state index is 0.149. The Morgan fingerprint density at radius 1 is 1.15 bits per heavy atom. The van der Waals surface area contributed by atoms with Crippen LogP contribution in [0, 0.1) is 0 Å². The zero-order valence-electron chi connectivity index (χ0n) is 14.1. The molecule has 1 aromatic heterocycles. The molecule has 0 aliphatic carbocycles. The SMILES string of the molecule is Cn1ccc(CNC(=O)c2ccc(COc3ccc(Cl)cc3Cl)cc2)n1. The zero-order valence-corrected chi connectivity index (χ0v) is 15.6. The predicted octanol–water partition coefficient (Wildman–Crippen LogP) is 4.24. The summed E-state index contributed by atoms with van der Waals surface area (Å²) in [5.74, 6) is 0.414. The number of halogens is 2. The van der Waals surface area contributed by atoms with Crippen LogP contribution in [0.5, 0.6) is 5.75 Å². The lowest BCUT2D eigenvalue weighted by Crippen LogP contribution is -2.23. The molecule has 0 spiro atoms. The van der Waals surface area contributed by atoms with Crippen LogP contribution in [0.1, 0.15) is 21.6 Å². The molecule has 3 aromatic rings. The van der Waals surface area contributed by atoms with E-state index in [1.807, 2.05) is 31.4 Å². The summed E-state index contributed by atoms with van der Waals surface area (Å²) in [7, 11) is 1.84. The van der Waals surface area contributed by atoms with Gasteiger partial charge in [-0.2, -0.15) is 5.10 Å². The van der Waals surface area contributed by atoms with Crippen LogP contribution in [-0.2, 0) is 20.2 Å². The molecule has 0 saturated heterocycles. The van der Waals surface area contributed by atoms with Crippen molar-refractivity contribution in [3.63, 3.8) is 0 Å². The minimum atomic E-state index is -0.149. The molecule has 1 N–H and O–H groups in total. The van der Waals surface area contributed by atoms with Crippen molar-refractivity contribution in [1.82, 2.24) is 15.1 Å². The molecule has 0 radical (unpaired) electrons. The van der Waals surface area contributed by atoms with Crippen LogP contribution >= 0.6 is 23.2 Å². The number of rotatable bonds is 6. The van der Waals surface area contributed by atoms with Crippen molar-refractivity contribution in [3.8, 4) is 5.75 Å². The van der Waals surface area contributed by atoms with Crippen molar-refractivity contribution in [2.45, 2.75) is 13.2 Å². The highest BCUT2D eigenvalue weighted by atomic mass is 35.5. The second-order valence-corrected chi connectivity index (χ2v) is 6.57. The molecule has 5 nitrogen and oxygen atoms in total. The molecule has 26 heavy (non-hydrogen) atoms. The van der Waals surface area contributed by atoms with E-state index in [1.54, 1.807) is 35.0 Å². The molecule has 1 heterocycles. The minimum Gasteiger partial charge on any atom is -0.487 e. The number of aryl methyl sites for hydroxylation is 1. The fourth-order valence-corrected chi connectivity index (χ4v) is 2.80. The second kappa shape index (κ2) is 8.25. The Morgan fingerprint density at radius 2 is 1.92 bits per heavy atom. The van der Waals surface area contributed by atoms with Gasteiger partial charge in [0, 0.05) is 23.8 Å². The van der Waals surface area contributed by atoms with Gasteiger partial charge in [-0.25, -0.2) is 0 Å². The van der Waals surface area contributed by atoms with Gasteiger partial charge in [0.1, 0.15) is 12.4 Å². The first-order valence-corrected chi connectivity index (χ1v) is 8.70. The number of aromatic nitrogens is 2. The van der Waals surface area contributed by atoms with Gasteiger partial charge >= 0.3 is 0 Å².